The quantitative estimate of drug-likeness (QED) is 0.478. The molecule has 0 saturated heterocycles. The molecule has 7 nitrogen and oxygen atoms in total. The molecule has 0 atom stereocenters. The Labute approximate surface area is 161 Å². The summed E-state index contributed by atoms with van der Waals surface area (Å²) >= 11 is 0.676. The number of benzene rings is 2. The van der Waals surface area contributed by atoms with Crippen LogP contribution in [0.2, 0.25) is 0 Å². The van der Waals surface area contributed by atoms with Gasteiger partial charge in [-0.1, -0.05) is 46.7 Å². The number of hydrazine groups is 1. The van der Waals surface area contributed by atoms with Crippen LogP contribution < -0.4 is 11.3 Å². The summed E-state index contributed by atoms with van der Waals surface area (Å²) in [6.07, 6.45) is 0. The molecule has 0 bridgehead atoms. The van der Waals surface area contributed by atoms with Crippen LogP contribution in [0.3, 0.4) is 0 Å². The van der Waals surface area contributed by atoms with E-state index in [0.29, 0.717) is 11.3 Å². The molecule has 0 aliphatic carbocycles. The average molecular weight is 424 g/mol. The molecule has 3 aromatic rings. The Hall–Kier alpha value is -2.27. The van der Waals surface area contributed by atoms with Crippen LogP contribution in [0.15, 0.2) is 67.6 Å². The zero-order valence-corrected chi connectivity index (χ0v) is 17.0. The molecule has 0 fully saturated rings. The number of hydrogen-bond acceptors (Lipinski definition) is 8. The minimum atomic E-state index is -4.15. The number of rotatable bonds is 5. The average Bonchev–Trinajstić information content (AvgIpc) is 3.09. The summed E-state index contributed by atoms with van der Waals surface area (Å²) < 4.78 is 51.8. The van der Waals surface area contributed by atoms with Crippen molar-refractivity contribution in [3.05, 3.63) is 59.7 Å². The number of nitrogen functional groups attached to an aromatic ring is 1. The van der Waals surface area contributed by atoms with Gasteiger partial charge >= 0.3 is 0 Å². The van der Waals surface area contributed by atoms with Crippen molar-refractivity contribution in [3.63, 3.8) is 0 Å². The van der Waals surface area contributed by atoms with Gasteiger partial charge in [-0.05, 0) is 38.1 Å². The lowest BCUT2D eigenvalue weighted by Gasteiger charge is -2.07. The van der Waals surface area contributed by atoms with Gasteiger partial charge in [0.2, 0.25) is 19.7 Å². The van der Waals surface area contributed by atoms with Gasteiger partial charge in [0.25, 0.3) is 0 Å². The lowest BCUT2D eigenvalue weighted by atomic mass is 10.2. The van der Waals surface area contributed by atoms with E-state index in [1.54, 1.807) is 24.3 Å². The maximum atomic E-state index is 13.1. The highest BCUT2D eigenvalue weighted by Crippen LogP contribution is 2.37. The molecule has 142 valence electrons. The molecule has 0 amide bonds. The molecule has 3 rings (SSSR count). The van der Waals surface area contributed by atoms with Crippen LogP contribution in [0, 0.1) is 13.8 Å². The van der Waals surface area contributed by atoms with E-state index in [4.69, 9.17) is 5.84 Å². The van der Waals surface area contributed by atoms with Gasteiger partial charge in [-0.3, -0.25) is 5.43 Å². The van der Waals surface area contributed by atoms with Crippen LogP contribution in [-0.2, 0) is 19.7 Å². The predicted molar refractivity (Wildman–Crippen MR) is 103 cm³/mol. The summed E-state index contributed by atoms with van der Waals surface area (Å²) in [7, 11) is -8.24. The van der Waals surface area contributed by atoms with Crippen molar-refractivity contribution in [1.29, 1.82) is 0 Å². The predicted octanol–water partition coefficient (Wildman–Crippen LogP) is 2.71. The molecule has 0 radical (unpaired) electrons. The van der Waals surface area contributed by atoms with Gasteiger partial charge in [0.1, 0.15) is 0 Å². The molecular formula is C17H17N3O4S3. The lowest BCUT2D eigenvalue weighted by Crippen LogP contribution is -2.10. The van der Waals surface area contributed by atoms with Gasteiger partial charge in [0, 0.05) is 0 Å². The third-order valence-electron chi connectivity index (χ3n) is 3.85. The van der Waals surface area contributed by atoms with E-state index < -0.39 is 24.7 Å². The van der Waals surface area contributed by atoms with Crippen molar-refractivity contribution >= 4 is 36.1 Å². The summed E-state index contributed by atoms with van der Waals surface area (Å²) in [6, 6.07) is 12.3. The first-order chi connectivity index (χ1) is 12.7. The molecular weight excluding hydrogens is 406 g/mol. The second kappa shape index (κ2) is 7.04. The largest absolute Gasteiger partial charge is 0.300 e. The Kier molecular flexibility index (Phi) is 5.08. The van der Waals surface area contributed by atoms with Gasteiger partial charge in [0.15, 0.2) is 14.4 Å². The third kappa shape index (κ3) is 3.61. The Morgan fingerprint density at radius 2 is 1.26 bits per heavy atom. The summed E-state index contributed by atoms with van der Waals surface area (Å²) in [6.45, 7) is 3.65. The Morgan fingerprint density at radius 1 is 0.815 bits per heavy atom. The molecule has 27 heavy (non-hydrogen) atoms. The molecule has 0 aliphatic heterocycles. The summed E-state index contributed by atoms with van der Waals surface area (Å²) in [5, 5.41) is -0.545. The first-order valence-electron chi connectivity index (χ1n) is 7.77. The third-order valence-corrected chi connectivity index (χ3v) is 9.07. The van der Waals surface area contributed by atoms with Crippen LogP contribution in [0.25, 0.3) is 0 Å². The van der Waals surface area contributed by atoms with Gasteiger partial charge < -0.3 is 0 Å². The van der Waals surface area contributed by atoms with E-state index in [0.717, 1.165) is 11.1 Å². The Bertz CT molecular complexity index is 1090. The number of nitrogens with two attached hydrogens (primary N) is 1. The van der Waals surface area contributed by atoms with E-state index in [-0.39, 0.29) is 19.1 Å². The molecule has 0 spiro atoms. The van der Waals surface area contributed by atoms with E-state index in [1.165, 1.54) is 24.3 Å². The van der Waals surface area contributed by atoms with Crippen LogP contribution >= 0.6 is 11.3 Å². The van der Waals surface area contributed by atoms with Crippen molar-refractivity contribution in [1.82, 2.24) is 4.98 Å². The maximum absolute atomic E-state index is 13.1. The number of anilines is 1. The summed E-state index contributed by atoms with van der Waals surface area (Å²) in [4.78, 5) is 3.87. The highest BCUT2D eigenvalue weighted by Gasteiger charge is 2.34. The molecule has 0 aliphatic rings. The molecule has 10 heteroatoms. The van der Waals surface area contributed by atoms with Gasteiger partial charge in [0.05, 0.1) is 9.79 Å². The van der Waals surface area contributed by atoms with Crippen molar-refractivity contribution in [3.8, 4) is 0 Å². The highest BCUT2D eigenvalue weighted by molar-refractivity contribution is 7.96. The fraction of sp³-hybridized carbons (Fsp3) is 0.118. The van der Waals surface area contributed by atoms with Crippen molar-refractivity contribution < 1.29 is 16.8 Å². The summed E-state index contributed by atoms with van der Waals surface area (Å²) in [5.41, 5.74) is 3.99. The first kappa shape index (κ1) is 19.5. The van der Waals surface area contributed by atoms with E-state index >= 15 is 0 Å². The van der Waals surface area contributed by atoms with Gasteiger partial charge in [-0.15, -0.1) is 0 Å². The number of aryl methyl sites for hydroxylation is 2. The minimum absolute atomic E-state index is 0.00799. The number of sulfone groups is 2. The van der Waals surface area contributed by atoms with Gasteiger partial charge in [-0.25, -0.2) is 27.7 Å². The zero-order valence-electron chi connectivity index (χ0n) is 14.5. The molecule has 0 saturated carbocycles. The van der Waals surface area contributed by atoms with Crippen LogP contribution in [0.1, 0.15) is 11.1 Å². The van der Waals surface area contributed by atoms with Crippen LogP contribution in [0.5, 0.6) is 0 Å². The number of thiazole rings is 1. The van der Waals surface area contributed by atoms with E-state index in [1.807, 2.05) is 13.8 Å². The highest BCUT2D eigenvalue weighted by atomic mass is 32.2. The van der Waals surface area contributed by atoms with Crippen LogP contribution in [0.4, 0.5) is 5.13 Å². The topological polar surface area (TPSA) is 119 Å². The maximum Gasteiger partial charge on any atom is 0.226 e. The summed E-state index contributed by atoms with van der Waals surface area (Å²) in [5.74, 6) is 5.34. The van der Waals surface area contributed by atoms with Crippen molar-refractivity contribution in [2.45, 2.75) is 32.9 Å². The molecule has 2 aromatic carbocycles. The molecule has 1 heterocycles. The van der Waals surface area contributed by atoms with E-state index in [9.17, 15) is 16.8 Å². The monoisotopic (exact) mass is 423 g/mol. The number of aromatic nitrogens is 1. The zero-order chi connectivity index (χ0) is 19.8. The lowest BCUT2D eigenvalue weighted by molar-refractivity contribution is 0.582. The standard InChI is InChI=1S/C17H17N3O4S3/c1-11-3-7-13(8-4-11)26(21,22)15-16(25-17(19-15)20-18)27(23,24)14-9-5-12(2)6-10-14/h3-10H,18H2,1-2H3,(H,19,20). The molecule has 3 N–H and O–H groups in total. The van der Waals surface area contributed by atoms with Crippen molar-refractivity contribution in [2.24, 2.45) is 5.84 Å². The second-order valence-corrected chi connectivity index (χ2v) is 10.9. The smallest absolute Gasteiger partial charge is 0.226 e. The van der Waals surface area contributed by atoms with E-state index in [2.05, 4.69) is 10.4 Å². The minimum Gasteiger partial charge on any atom is -0.300 e. The van der Waals surface area contributed by atoms with Crippen LogP contribution in [-0.4, -0.2) is 21.8 Å². The Balaban J connectivity index is 2.22. The second-order valence-electron chi connectivity index (χ2n) is 5.89. The Morgan fingerprint density at radius 3 is 1.70 bits per heavy atom. The number of nitrogens with zero attached hydrogens (tertiary/aromatic N) is 1. The number of nitrogens with one attached hydrogen (secondary N) is 1. The fourth-order valence-electron chi connectivity index (χ4n) is 2.35. The molecule has 1 aromatic heterocycles. The normalized spacial score (nSPS) is 12.1. The first-order valence-corrected chi connectivity index (χ1v) is 11.6. The molecule has 0 unspecified atom stereocenters. The van der Waals surface area contributed by atoms with Gasteiger partial charge in [-0.2, -0.15) is 0 Å². The fourth-order valence-corrected chi connectivity index (χ4v) is 7.12. The number of hydrogen-bond donors (Lipinski definition) is 2. The van der Waals surface area contributed by atoms with Crippen molar-refractivity contribution in [2.75, 3.05) is 5.43 Å². The SMILES string of the molecule is Cc1ccc(S(=O)(=O)c2nc(NN)sc2S(=O)(=O)c2ccc(C)cc2)cc1.